The molecule has 1 unspecified atom stereocenters. The van der Waals surface area contributed by atoms with E-state index in [-0.39, 0.29) is 4.90 Å². The molecule has 1 aromatic carbocycles. The van der Waals surface area contributed by atoms with E-state index in [0.29, 0.717) is 5.16 Å². The largest absolute Gasteiger partial charge is 0.326 e. The van der Waals surface area contributed by atoms with Crippen LogP contribution in [0.2, 0.25) is 0 Å². The molecule has 1 fully saturated rings. The van der Waals surface area contributed by atoms with Gasteiger partial charge in [0.2, 0.25) is 0 Å². The zero-order chi connectivity index (χ0) is 27.3. The van der Waals surface area contributed by atoms with Crippen molar-refractivity contribution in [1.29, 1.82) is 0 Å². The molecular formula is C29H57NO3PS+. The summed E-state index contributed by atoms with van der Waals surface area (Å²) in [5.41, 5.74) is 0.956. The van der Waals surface area contributed by atoms with Gasteiger partial charge in [-0.25, -0.2) is 0 Å². The van der Waals surface area contributed by atoms with Gasteiger partial charge in [-0.2, -0.15) is 8.42 Å². The van der Waals surface area contributed by atoms with Crippen LogP contribution in [0.4, 0.5) is 0 Å². The van der Waals surface area contributed by atoms with Crippen LogP contribution in [0.25, 0.3) is 0 Å². The monoisotopic (exact) mass is 530 g/mol. The number of likely N-dealkylation sites (tertiary alicyclic amines) is 1. The van der Waals surface area contributed by atoms with Crippen LogP contribution in [0.3, 0.4) is 0 Å². The van der Waals surface area contributed by atoms with E-state index in [0.717, 1.165) is 23.3 Å². The SMILES string of the molecule is CC(C)CC(P)(CC(C)C)CC(C)C.CCCC[N+]1(C)CCCC1.Cc1ccc(S(=O)(=O)O)cc1. The zero-order valence-corrected chi connectivity index (χ0v) is 26.3. The van der Waals surface area contributed by atoms with Crippen molar-refractivity contribution in [3.05, 3.63) is 29.8 Å². The molecule has 1 aromatic rings. The summed E-state index contributed by atoms with van der Waals surface area (Å²) in [7, 11) is 1.54. The molecule has 1 N–H and O–H groups in total. The van der Waals surface area contributed by atoms with Gasteiger partial charge < -0.3 is 4.48 Å². The number of benzene rings is 1. The predicted molar refractivity (Wildman–Crippen MR) is 157 cm³/mol. The van der Waals surface area contributed by atoms with Gasteiger partial charge in [-0.1, -0.05) is 72.6 Å². The molecule has 1 aliphatic heterocycles. The fraction of sp³-hybridized carbons (Fsp3) is 0.793. The molecule has 4 nitrogen and oxygen atoms in total. The highest BCUT2D eigenvalue weighted by molar-refractivity contribution is 7.85. The van der Waals surface area contributed by atoms with Crippen LogP contribution < -0.4 is 0 Å². The molecular weight excluding hydrogens is 473 g/mol. The minimum atomic E-state index is -4.02. The number of hydrogen-bond acceptors (Lipinski definition) is 2. The van der Waals surface area contributed by atoms with Gasteiger partial charge in [0.1, 0.15) is 0 Å². The maximum absolute atomic E-state index is 10.5. The van der Waals surface area contributed by atoms with E-state index in [1.54, 1.807) is 12.1 Å². The van der Waals surface area contributed by atoms with E-state index < -0.39 is 10.1 Å². The van der Waals surface area contributed by atoms with Crippen LogP contribution in [-0.2, 0) is 10.1 Å². The van der Waals surface area contributed by atoms with Crippen molar-refractivity contribution in [2.45, 2.75) is 110 Å². The lowest BCUT2D eigenvalue weighted by molar-refractivity contribution is -0.897. The van der Waals surface area contributed by atoms with Gasteiger partial charge in [0.15, 0.2) is 0 Å². The van der Waals surface area contributed by atoms with Crippen molar-refractivity contribution in [1.82, 2.24) is 0 Å². The normalized spacial score (nSPS) is 15.6. The quantitative estimate of drug-likeness (QED) is 0.189. The Morgan fingerprint density at radius 2 is 1.31 bits per heavy atom. The number of aryl methyl sites for hydroxylation is 1. The van der Waals surface area contributed by atoms with E-state index in [9.17, 15) is 8.42 Å². The summed E-state index contributed by atoms with van der Waals surface area (Å²) in [5, 5.41) is 0.483. The Hall–Kier alpha value is -0.480. The first-order chi connectivity index (χ1) is 16.0. The fourth-order valence-corrected chi connectivity index (χ4v) is 7.16. The summed E-state index contributed by atoms with van der Waals surface area (Å²) in [6, 6.07) is 5.99. The molecule has 0 amide bonds. The van der Waals surface area contributed by atoms with Crippen molar-refractivity contribution >= 4 is 19.4 Å². The summed E-state index contributed by atoms with van der Waals surface area (Å²) in [5.74, 6) is 2.43. The van der Waals surface area contributed by atoms with E-state index in [2.05, 4.69) is 64.8 Å². The average molecular weight is 531 g/mol. The van der Waals surface area contributed by atoms with Gasteiger partial charge >= 0.3 is 0 Å². The Morgan fingerprint density at radius 3 is 1.63 bits per heavy atom. The Morgan fingerprint density at radius 1 is 0.914 bits per heavy atom. The Labute approximate surface area is 221 Å². The van der Waals surface area contributed by atoms with Gasteiger partial charge in [-0.15, -0.1) is 9.24 Å². The van der Waals surface area contributed by atoms with Crippen LogP contribution in [0.15, 0.2) is 29.2 Å². The number of quaternary nitrogens is 1. The molecule has 35 heavy (non-hydrogen) atoms. The first kappa shape index (κ1) is 34.5. The van der Waals surface area contributed by atoms with Gasteiger partial charge in [-0.3, -0.25) is 4.55 Å². The summed E-state index contributed by atoms with van der Waals surface area (Å²) in [4.78, 5) is -0.0666. The van der Waals surface area contributed by atoms with Crippen molar-refractivity contribution in [3.63, 3.8) is 0 Å². The molecule has 1 atom stereocenters. The van der Waals surface area contributed by atoms with E-state index in [1.165, 1.54) is 81.2 Å². The predicted octanol–water partition coefficient (Wildman–Crippen LogP) is 8.01. The Balaban J connectivity index is 0.000000502. The van der Waals surface area contributed by atoms with E-state index >= 15 is 0 Å². The average Bonchev–Trinajstić information content (AvgIpc) is 3.11. The highest BCUT2D eigenvalue weighted by Crippen LogP contribution is 2.39. The minimum absolute atomic E-state index is 0.0666. The van der Waals surface area contributed by atoms with E-state index in [4.69, 9.17) is 4.55 Å². The molecule has 0 radical (unpaired) electrons. The third-order valence-corrected chi connectivity index (χ3v) is 8.04. The van der Waals surface area contributed by atoms with Crippen molar-refractivity contribution in [3.8, 4) is 0 Å². The second kappa shape index (κ2) is 16.4. The lowest BCUT2D eigenvalue weighted by Crippen LogP contribution is -2.41. The second-order valence-electron chi connectivity index (χ2n) is 12.3. The lowest BCUT2D eigenvalue weighted by atomic mass is 9.83. The van der Waals surface area contributed by atoms with Gasteiger partial charge in [0, 0.05) is 12.8 Å². The van der Waals surface area contributed by atoms with Crippen molar-refractivity contribution < 1.29 is 17.5 Å². The smallest absolute Gasteiger partial charge is 0.294 e. The van der Waals surface area contributed by atoms with Crippen LogP contribution in [0.1, 0.15) is 99.0 Å². The number of rotatable bonds is 10. The third kappa shape index (κ3) is 16.8. The van der Waals surface area contributed by atoms with Crippen LogP contribution in [0, 0.1) is 24.7 Å². The van der Waals surface area contributed by atoms with Crippen LogP contribution >= 0.6 is 9.24 Å². The van der Waals surface area contributed by atoms with Crippen LogP contribution in [-0.4, -0.2) is 49.3 Å². The summed E-state index contributed by atoms with van der Waals surface area (Å²) in [6.07, 6.45) is 9.71. The highest BCUT2D eigenvalue weighted by Gasteiger charge is 2.27. The first-order valence-electron chi connectivity index (χ1n) is 13.7. The highest BCUT2D eigenvalue weighted by atomic mass is 32.2. The minimum Gasteiger partial charge on any atom is -0.326 e. The number of unbranched alkanes of at least 4 members (excludes halogenated alkanes) is 1. The Kier molecular flexibility index (Phi) is 16.2. The fourth-order valence-electron chi connectivity index (χ4n) is 5.26. The molecule has 0 bridgehead atoms. The molecule has 0 aliphatic carbocycles. The standard InChI is InChI=1S/C13H29P.C9H20N.C7H8O3S/c1-10(2)7-13(14,8-11(3)4)9-12(5)6;1-3-4-7-10(2)8-5-6-9-10;1-6-2-4-7(5-3-6)11(8,9)10/h10-12H,7-9,14H2,1-6H3;3-9H2,1-2H3;2-5H,1H3,(H,8,9,10)/q;+1;. The molecule has 6 heteroatoms. The second-order valence-corrected chi connectivity index (χ2v) is 14.9. The first-order valence-corrected chi connectivity index (χ1v) is 15.7. The maximum Gasteiger partial charge on any atom is 0.294 e. The number of hydrogen-bond donors (Lipinski definition) is 1. The number of nitrogens with zero attached hydrogens (tertiary/aromatic N) is 1. The Bertz CT molecular complexity index is 756. The topological polar surface area (TPSA) is 54.4 Å². The van der Waals surface area contributed by atoms with Crippen molar-refractivity contribution in [2.75, 3.05) is 26.7 Å². The van der Waals surface area contributed by atoms with Gasteiger partial charge in [0.05, 0.1) is 31.6 Å². The summed E-state index contributed by atoms with van der Waals surface area (Å²) < 4.78 is 30.9. The molecule has 0 spiro atoms. The molecule has 1 aliphatic rings. The summed E-state index contributed by atoms with van der Waals surface area (Å²) >= 11 is 0. The molecule has 0 aromatic heterocycles. The molecule has 206 valence electrons. The zero-order valence-electron chi connectivity index (χ0n) is 24.3. The molecule has 1 saturated heterocycles. The van der Waals surface area contributed by atoms with E-state index in [1.807, 2.05) is 6.92 Å². The van der Waals surface area contributed by atoms with Gasteiger partial charge in [-0.05, 0) is 67.6 Å². The van der Waals surface area contributed by atoms with Crippen LogP contribution in [0.5, 0.6) is 0 Å². The summed E-state index contributed by atoms with van der Waals surface area (Å²) in [6.45, 7) is 22.4. The molecule has 1 heterocycles. The third-order valence-electron chi connectivity index (χ3n) is 6.46. The van der Waals surface area contributed by atoms with Crippen molar-refractivity contribution in [2.24, 2.45) is 17.8 Å². The maximum atomic E-state index is 10.5. The van der Waals surface area contributed by atoms with Gasteiger partial charge in [0.25, 0.3) is 10.1 Å². The lowest BCUT2D eigenvalue weighted by Gasteiger charge is -2.34. The molecule has 2 rings (SSSR count). The molecule has 0 saturated carbocycles.